The fraction of sp³-hybridized carbons (Fsp3) is 0.500. The molecule has 0 N–H and O–H groups in total. The molecule has 0 aromatic heterocycles. The summed E-state index contributed by atoms with van der Waals surface area (Å²) in [5.41, 5.74) is 0.846. The Morgan fingerprint density at radius 3 is 2.95 bits per heavy atom. The number of carbonyl (C=O) groups is 1. The van der Waals surface area contributed by atoms with Gasteiger partial charge in [-0.25, -0.2) is 0 Å². The summed E-state index contributed by atoms with van der Waals surface area (Å²) in [7, 11) is 1.39. The number of ether oxygens (including phenoxy) is 1. The summed E-state index contributed by atoms with van der Waals surface area (Å²) in [6, 6.07) is 4.69. The molecule has 0 aliphatic carbocycles. The standard InChI is InChI=1S/C14H17BrN2O4/c1-21-14(18)12-6-2-3-8-16(12)9-10-5-4-7-11(13(10)15)17(19)20/h4-5,7,12H,2-3,6,8-9H2,1H3. The lowest BCUT2D eigenvalue weighted by Crippen LogP contribution is -2.44. The van der Waals surface area contributed by atoms with Gasteiger partial charge in [0.1, 0.15) is 6.04 Å². The SMILES string of the molecule is COC(=O)C1CCCCN1Cc1cccc([N+](=O)[O-])c1Br. The number of esters is 1. The van der Waals surface area contributed by atoms with Gasteiger partial charge in [0.15, 0.2) is 0 Å². The Hall–Kier alpha value is -1.47. The second-order valence-corrected chi connectivity index (χ2v) is 5.81. The van der Waals surface area contributed by atoms with Gasteiger partial charge in [0.25, 0.3) is 5.69 Å². The van der Waals surface area contributed by atoms with E-state index < -0.39 is 4.92 Å². The second kappa shape index (κ2) is 7.00. The van der Waals surface area contributed by atoms with Crippen molar-refractivity contribution in [3.05, 3.63) is 38.3 Å². The van der Waals surface area contributed by atoms with Crippen molar-refractivity contribution in [2.24, 2.45) is 0 Å². The van der Waals surface area contributed by atoms with E-state index >= 15 is 0 Å². The highest BCUT2D eigenvalue weighted by molar-refractivity contribution is 9.10. The van der Waals surface area contributed by atoms with Crippen LogP contribution in [0.25, 0.3) is 0 Å². The number of rotatable bonds is 4. The normalized spacial score (nSPS) is 19.2. The maximum atomic E-state index is 11.8. The van der Waals surface area contributed by atoms with E-state index in [4.69, 9.17) is 4.74 Å². The number of nitro benzene ring substituents is 1. The maximum Gasteiger partial charge on any atom is 0.323 e. The molecule has 21 heavy (non-hydrogen) atoms. The first-order chi connectivity index (χ1) is 10.0. The Labute approximate surface area is 131 Å². The monoisotopic (exact) mass is 356 g/mol. The predicted octanol–water partition coefficient (Wildman–Crippen LogP) is 2.88. The largest absolute Gasteiger partial charge is 0.468 e. The van der Waals surface area contributed by atoms with Crippen LogP contribution >= 0.6 is 15.9 Å². The fourth-order valence-corrected chi connectivity index (χ4v) is 3.17. The molecule has 1 saturated heterocycles. The minimum Gasteiger partial charge on any atom is -0.468 e. The number of benzene rings is 1. The molecule has 7 heteroatoms. The number of nitro groups is 1. The molecule has 0 bridgehead atoms. The average Bonchev–Trinajstić information content (AvgIpc) is 2.49. The van der Waals surface area contributed by atoms with Gasteiger partial charge >= 0.3 is 5.97 Å². The van der Waals surface area contributed by atoms with E-state index in [0.29, 0.717) is 11.0 Å². The Morgan fingerprint density at radius 1 is 1.52 bits per heavy atom. The van der Waals surface area contributed by atoms with E-state index in [2.05, 4.69) is 15.9 Å². The number of carbonyl (C=O) groups excluding carboxylic acids is 1. The van der Waals surface area contributed by atoms with E-state index in [1.54, 1.807) is 6.07 Å². The Bertz CT molecular complexity index is 550. The van der Waals surface area contributed by atoms with Crippen molar-refractivity contribution in [2.45, 2.75) is 31.8 Å². The molecule has 1 unspecified atom stereocenters. The summed E-state index contributed by atoms with van der Waals surface area (Å²) in [6.45, 7) is 1.27. The first-order valence-corrected chi connectivity index (χ1v) is 7.57. The molecule has 1 atom stereocenters. The van der Waals surface area contributed by atoms with Crippen LogP contribution in [0.5, 0.6) is 0 Å². The zero-order chi connectivity index (χ0) is 15.4. The van der Waals surface area contributed by atoms with Crippen molar-refractivity contribution in [3.8, 4) is 0 Å². The van der Waals surface area contributed by atoms with E-state index in [-0.39, 0.29) is 17.7 Å². The van der Waals surface area contributed by atoms with E-state index in [0.717, 1.165) is 31.4 Å². The third-order valence-electron chi connectivity index (χ3n) is 3.72. The molecule has 0 amide bonds. The van der Waals surface area contributed by atoms with E-state index in [1.807, 2.05) is 11.0 Å². The fourth-order valence-electron chi connectivity index (χ4n) is 2.63. The molecule has 0 saturated carbocycles. The molecule has 1 aliphatic rings. The highest BCUT2D eigenvalue weighted by Gasteiger charge is 2.30. The van der Waals surface area contributed by atoms with Gasteiger partial charge in [-0.3, -0.25) is 19.8 Å². The minimum absolute atomic E-state index is 0.0409. The van der Waals surface area contributed by atoms with Crippen molar-refractivity contribution in [1.82, 2.24) is 4.90 Å². The van der Waals surface area contributed by atoms with Gasteiger partial charge in [-0.05, 0) is 40.9 Å². The molecule has 0 spiro atoms. The summed E-state index contributed by atoms with van der Waals surface area (Å²) in [5.74, 6) is -0.240. The molecule has 2 rings (SSSR count). The second-order valence-electron chi connectivity index (χ2n) is 5.01. The topological polar surface area (TPSA) is 72.7 Å². The lowest BCUT2D eigenvalue weighted by molar-refractivity contribution is -0.385. The van der Waals surface area contributed by atoms with Gasteiger partial charge in [0, 0.05) is 12.6 Å². The van der Waals surface area contributed by atoms with Gasteiger partial charge in [-0.2, -0.15) is 0 Å². The van der Waals surface area contributed by atoms with Crippen LogP contribution < -0.4 is 0 Å². The molecule has 1 aliphatic heterocycles. The van der Waals surface area contributed by atoms with Crippen LogP contribution in [0.4, 0.5) is 5.69 Å². The predicted molar refractivity (Wildman–Crippen MR) is 80.9 cm³/mol. The van der Waals surface area contributed by atoms with Crippen LogP contribution in [0, 0.1) is 10.1 Å². The molecule has 6 nitrogen and oxygen atoms in total. The lowest BCUT2D eigenvalue weighted by atomic mass is 10.0. The molecule has 0 radical (unpaired) electrons. The summed E-state index contributed by atoms with van der Waals surface area (Å²) >= 11 is 3.30. The van der Waals surface area contributed by atoms with Crippen LogP contribution in [0.3, 0.4) is 0 Å². The summed E-state index contributed by atoms with van der Waals surface area (Å²) in [5, 5.41) is 11.0. The van der Waals surface area contributed by atoms with Crippen LogP contribution in [0.1, 0.15) is 24.8 Å². The summed E-state index contributed by atoms with van der Waals surface area (Å²) < 4.78 is 5.33. The average molecular weight is 357 g/mol. The van der Waals surface area contributed by atoms with Crippen LogP contribution in [-0.4, -0.2) is 35.5 Å². The molecule has 1 aromatic carbocycles. The van der Waals surface area contributed by atoms with Crippen molar-refractivity contribution in [2.75, 3.05) is 13.7 Å². The first kappa shape index (κ1) is 15.9. The van der Waals surface area contributed by atoms with Gasteiger partial charge in [-0.15, -0.1) is 0 Å². The molecule has 114 valence electrons. The Morgan fingerprint density at radius 2 is 2.29 bits per heavy atom. The number of hydrogen-bond donors (Lipinski definition) is 0. The molecular weight excluding hydrogens is 340 g/mol. The highest BCUT2D eigenvalue weighted by Crippen LogP contribution is 2.30. The lowest BCUT2D eigenvalue weighted by Gasteiger charge is -2.33. The number of halogens is 1. The van der Waals surface area contributed by atoms with Crippen LogP contribution in [0.2, 0.25) is 0 Å². The molecule has 1 aromatic rings. The summed E-state index contributed by atoms with van der Waals surface area (Å²) in [4.78, 5) is 24.4. The zero-order valence-corrected chi connectivity index (χ0v) is 13.3. The Kier molecular flexibility index (Phi) is 5.30. The third kappa shape index (κ3) is 3.59. The molecule has 1 heterocycles. The number of nitrogens with zero attached hydrogens (tertiary/aromatic N) is 2. The highest BCUT2D eigenvalue weighted by atomic mass is 79.9. The van der Waals surface area contributed by atoms with Gasteiger partial charge < -0.3 is 4.74 Å². The summed E-state index contributed by atoms with van der Waals surface area (Å²) in [6.07, 6.45) is 2.77. The number of likely N-dealkylation sites (tertiary alicyclic amines) is 1. The van der Waals surface area contributed by atoms with E-state index in [9.17, 15) is 14.9 Å². The third-order valence-corrected chi connectivity index (χ3v) is 4.63. The van der Waals surface area contributed by atoms with Crippen molar-refractivity contribution < 1.29 is 14.5 Å². The number of methoxy groups -OCH3 is 1. The van der Waals surface area contributed by atoms with E-state index in [1.165, 1.54) is 13.2 Å². The molecular formula is C14H17BrN2O4. The Balaban J connectivity index is 2.21. The van der Waals surface area contributed by atoms with Crippen molar-refractivity contribution >= 4 is 27.6 Å². The molecule has 1 fully saturated rings. The zero-order valence-electron chi connectivity index (χ0n) is 11.8. The maximum absolute atomic E-state index is 11.8. The van der Waals surface area contributed by atoms with Crippen molar-refractivity contribution in [1.29, 1.82) is 0 Å². The minimum atomic E-state index is -0.415. The van der Waals surface area contributed by atoms with Crippen LogP contribution in [-0.2, 0) is 16.1 Å². The smallest absolute Gasteiger partial charge is 0.323 e. The quantitative estimate of drug-likeness (QED) is 0.471. The van der Waals surface area contributed by atoms with Crippen molar-refractivity contribution in [3.63, 3.8) is 0 Å². The van der Waals surface area contributed by atoms with Gasteiger partial charge in [-0.1, -0.05) is 18.6 Å². The number of piperidine rings is 1. The first-order valence-electron chi connectivity index (χ1n) is 6.78. The number of hydrogen-bond acceptors (Lipinski definition) is 5. The van der Waals surface area contributed by atoms with Gasteiger partial charge in [0.05, 0.1) is 16.5 Å². The van der Waals surface area contributed by atoms with Gasteiger partial charge in [0.2, 0.25) is 0 Å². The van der Waals surface area contributed by atoms with Crippen LogP contribution in [0.15, 0.2) is 22.7 Å².